The second-order valence-corrected chi connectivity index (χ2v) is 5.19. The molecule has 0 aromatic heterocycles. The molecule has 3 atom stereocenters. The van der Waals surface area contributed by atoms with Gasteiger partial charge in [-0.15, -0.1) is 0 Å². The van der Waals surface area contributed by atoms with Gasteiger partial charge >= 0.3 is 5.97 Å². The molecule has 1 saturated carbocycles. The van der Waals surface area contributed by atoms with E-state index in [0.717, 1.165) is 19.3 Å². The van der Waals surface area contributed by atoms with Crippen LogP contribution in [0.4, 0.5) is 0 Å². The van der Waals surface area contributed by atoms with Crippen LogP contribution in [0.25, 0.3) is 0 Å². The molecule has 102 valence electrons. The SMILES string of the molecule is C[C@H](NC(=O)[C@@H]1CC[C@@H](c2ccccc2)C1)C(=O)O. The molecule has 1 aromatic rings. The van der Waals surface area contributed by atoms with Gasteiger partial charge in [0, 0.05) is 5.92 Å². The summed E-state index contributed by atoms with van der Waals surface area (Å²) in [5, 5.41) is 11.3. The van der Waals surface area contributed by atoms with Crippen molar-refractivity contribution in [1.82, 2.24) is 5.32 Å². The van der Waals surface area contributed by atoms with E-state index in [1.54, 1.807) is 0 Å². The second-order valence-electron chi connectivity index (χ2n) is 5.19. The van der Waals surface area contributed by atoms with Gasteiger partial charge in [-0.25, -0.2) is 0 Å². The molecule has 1 amide bonds. The standard InChI is InChI=1S/C15H19NO3/c1-10(15(18)19)16-14(17)13-8-7-12(9-13)11-5-3-2-4-6-11/h2-6,10,12-13H,7-9H2,1H3,(H,16,17)(H,18,19)/t10-,12+,13+/m0/s1. The number of carbonyl (C=O) groups excluding carboxylic acids is 1. The number of carboxylic acid groups (broad SMARTS) is 1. The molecule has 1 aromatic carbocycles. The number of amides is 1. The molecule has 1 aliphatic carbocycles. The molecule has 4 nitrogen and oxygen atoms in total. The summed E-state index contributed by atoms with van der Waals surface area (Å²) in [4.78, 5) is 22.7. The van der Waals surface area contributed by atoms with Gasteiger partial charge in [0.1, 0.15) is 6.04 Å². The molecular formula is C15H19NO3. The summed E-state index contributed by atoms with van der Waals surface area (Å²) >= 11 is 0. The number of hydrogen-bond donors (Lipinski definition) is 2. The van der Waals surface area contributed by atoms with E-state index in [2.05, 4.69) is 17.4 Å². The first-order chi connectivity index (χ1) is 9.08. The molecule has 0 radical (unpaired) electrons. The van der Waals surface area contributed by atoms with Crippen molar-refractivity contribution >= 4 is 11.9 Å². The Morgan fingerprint density at radius 2 is 1.95 bits per heavy atom. The van der Waals surface area contributed by atoms with E-state index in [1.165, 1.54) is 12.5 Å². The van der Waals surface area contributed by atoms with Crippen LogP contribution in [0, 0.1) is 5.92 Å². The van der Waals surface area contributed by atoms with Crippen LogP contribution < -0.4 is 5.32 Å². The maximum Gasteiger partial charge on any atom is 0.325 e. The zero-order valence-corrected chi connectivity index (χ0v) is 11.0. The lowest BCUT2D eigenvalue weighted by Crippen LogP contribution is -2.41. The molecule has 0 heterocycles. The lowest BCUT2D eigenvalue weighted by atomic mass is 9.96. The van der Waals surface area contributed by atoms with Gasteiger partial charge in [-0.2, -0.15) is 0 Å². The number of nitrogens with one attached hydrogen (secondary N) is 1. The molecule has 4 heteroatoms. The Morgan fingerprint density at radius 1 is 1.26 bits per heavy atom. The molecular weight excluding hydrogens is 242 g/mol. The summed E-state index contributed by atoms with van der Waals surface area (Å²) < 4.78 is 0. The Balaban J connectivity index is 1.91. The van der Waals surface area contributed by atoms with Crippen LogP contribution >= 0.6 is 0 Å². The lowest BCUT2D eigenvalue weighted by molar-refractivity contribution is -0.141. The minimum absolute atomic E-state index is 0.0630. The van der Waals surface area contributed by atoms with Gasteiger partial charge < -0.3 is 10.4 Å². The number of hydrogen-bond acceptors (Lipinski definition) is 2. The number of rotatable bonds is 4. The Morgan fingerprint density at radius 3 is 2.58 bits per heavy atom. The monoisotopic (exact) mass is 261 g/mol. The van der Waals surface area contributed by atoms with Gasteiger partial charge in [-0.05, 0) is 37.7 Å². The third kappa shape index (κ3) is 3.34. The van der Waals surface area contributed by atoms with E-state index in [-0.39, 0.29) is 11.8 Å². The van der Waals surface area contributed by atoms with Crippen LogP contribution in [-0.2, 0) is 9.59 Å². The molecule has 0 unspecified atom stereocenters. The highest BCUT2D eigenvalue weighted by molar-refractivity contribution is 5.84. The highest BCUT2D eigenvalue weighted by Crippen LogP contribution is 2.38. The predicted octanol–water partition coefficient (Wildman–Crippen LogP) is 2.16. The van der Waals surface area contributed by atoms with E-state index in [0.29, 0.717) is 5.92 Å². The summed E-state index contributed by atoms with van der Waals surface area (Å²) in [5.41, 5.74) is 1.27. The Labute approximate surface area is 112 Å². The van der Waals surface area contributed by atoms with Crippen LogP contribution in [0.5, 0.6) is 0 Å². The normalized spacial score (nSPS) is 23.8. The van der Waals surface area contributed by atoms with E-state index in [4.69, 9.17) is 5.11 Å². The van der Waals surface area contributed by atoms with Crippen molar-refractivity contribution in [3.05, 3.63) is 35.9 Å². The summed E-state index contributed by atoms with van der Waals surface area (Å²) in [6.45, 7) is 1.49. The third-order valence-electron chi connectivity index (χ3n) is 3.80. The topological polar surface area (TPSA) is 66.4 Å². The van der Waals surface area contributed by atoms with Crippen molar-refractivity contribution < 1.29 is 14.7 Å². The zero-order chi connectivity index (χ0) is 13.8. The molecule has 2 N–H and O–H groups in total. The van der Waals surface area contributed by atoms with Crippen molar-refractivity contribution in [2.75, 3.05) is 0 Å². The van der Waals surface area contributed by atoms with Crippen LogP contribution in [0.15, 0.2) is 30.3 Å². The quantitative estimate of drug-likeness (QED) is 0.872. The summed E-state index contributed by atoms with van der Waals surface area (Å²) in [6.07, 6.45) is 2.63. The van der Waals surface area contributed by atoms with E-state index in [9.17, 15) is 9.59 Å². The van der Waals surface area contributed by atoms with Gasteiger partial charge in [-0.1, -0.05) is 30.3 Å². The number of carbonyl (C=O) groups is 2. The summed E-state index contributed by atoms with van der Waals surface area (Å²) in [7, 11) is 0. The van der Waals surface area contributed by atoms with E-state index >= 15 is 0 Å². The van der Waals surface area contributed by atoms with Gasteiger partial charge in [0.2, 0.25) is 5.91 Å². The van der Waals surface area contributed by atoms with Crippen molar-refractivity contribution in [3.63, 3.8) is 0 Å². The molecule has 0 bridgehead atoms. The second kappa shape index (κ2) is 5.87. The fourth-order valence-corrected chi connectivity index (χ4v) is 2.64. The highest BCUT2D eigenvalue weighted by atomic mass is 16.4. The summed E-state index contributed by atoms with van der Waals surface area (Å²) in [5.74, 6) is -0.775. The number of aliphatic carboxylic acids is 1. The van der Waals surface area contributed by atoms with Crippen molar-refractivity contribution in [1.29, 1.82) is 0 Å². The van der Waals surface area contributed by atoms with Gasteiger partial charge in [0.05, 0.1) is 0 Å². The highest BCUT2D eigenvalue weighted by Gasteiger charge is 2.31. The molecule has 2 rings (SSSR count). The maximum absolute atomic E-state index is 12.0. The largest absolute Gasteiger partial charge is 0.480 e. The Kier molecular flexibility index (Phi) is 4.20. The third-order valence-corrected chi connectivity index (χ3v) is 3.80. The molecule has 0 saturated heterocycles. The van der Waals surface area contributed by atoms with Gasteiger partial charge in [0.15, 0.2) is 0 Å². The molecule has 1 fully saturated rings. The fraction of sp³-hybridized carbons (Fsp3) is 0.467. The zero-order valence-electron chi connectivity index (χ0n) is 11.0. The summed E-state index contributed by atoms with van der Waals surface area (Å²) in [6, 6.07) is 9.36. The molecule has 0 spiro atoms. The predicted molar refractivity (Wildman–Crippen MR) is 71.8 cm³/mol. The smallest absolute Gasteiger partial charge is 0.325 e. The van der Waals surface area contributed by atoms with Crippen LogP contribution in [0.3, 0.4) is 0 Å². The number of benzene rings is 1. The number of carboxylic acids is 1. The minimum atomic E-state index is -0.994. The fourth-order valence-electron chi connectivity index (χ4n) is 2.64. The minimum Gasteiger partial charge on any atom is -0.480 e. The van der Waals surface area contributed by atoms with E-state index in [1.807, 2.05) is 18.2 Å². The van der Waals surface area contributed by atoms with Crippen LogP contribution in [0.1, 0.15) is 37.7 Å². The molecule has 19 heavy (non-hydrogen) atoms. The molecule has 1 aliphatic rings. The first-order valence-electron chi connectivity index (χ1n) is 6.66. The first kappa shape index (κ1) is 13.6. The maximum atomic E-state index is 12.0. The average Bonchev–Trinajstić information content (AvgIpc) is 2.89. The average molecular weight is 261 g/mol. The van der Waals surface area contributed by atoms with Gasteiger partial charge in [0.25, 0.3) is 0 Å². The van der Waals surface area contributed by atoms with Crippen LogP contribution in [-0.4, -0.2) is 23.0 Å². The van der Waals surface area contributed by atoms with Crippen LogP contribution in [0.2, 0.25) is 0 Å². The van der Waals surface area contributed by atoms with Gasteiger partial charge in [-0.3, -0.25) is 9.59 Å². The Bertz CT molecular complexity index is 458. The molecule has 0 aliphatic heterocycles. The van der Waals surface area contributed by atoms with Crippen molar-refractivity contribution in [2.24, 2.45) is 5.92 Å². The Hall–Kier alpha value is -1.84. The first-order valence-corrected chi connectivity index (χ1v) is 6.66. The van der Waals surface area contributed by atoms with Crippen molar-refractivity contribution in [3.8, 4) is 0 Å². The van der Waals surface area contributed by atoms with E-state index < -0.39 is 12.0 Å². The van der Waals surface area contributed by atoms with Crippen molar-refractivity contribution in [2.45, 2.75) is 38.1 Å². The lowest BCUT2D eigenvalue weighted by Gasteiger charge is -2.14.